The van der Waals surface area contributed by atoms with Gasteiger partial charge in [-0.05, 0) is 19.9 Å². The molecule has 0 spiro atoms. The number of hydrogen-bond acceptors (Lipinski definition) is 4. The summed E-state index contributed by atoms with van der Waals surface area (Å²) >= 11 is 0. The van der Waals surface area contributed by atoms with Crippen molar-refractivity contribution < 1.29 is 14.6 Å². The molecule has 0 aliphatic rings. The smallest absolute Gasteiger partial charge is 0.124 e. The molecule has 96 valence electrons. The maximum absolute atomic E-state index is 9.51. The first-order valence-electron chi connectivity index (χ1n) is 5.70. The molecule has 4 heteroatoms. The standard InChI is InChI=1S/C13H21NO3/c1-9-4-5-13(12(6-9)10(2)14)17-8-11(15)7-16-3/h4-6,10-11,15H,7-8,14H2,1-3H3. The van der Waals surface area contributed by atoms with E-state index < -0.39 is 6.10 Å². The molecule has 3 N–H and O–H groups in total. The lowest BCUT2D eigenvalue weighted by atomic mass is 10.1. The zero-order chi connectivity index (χ0) is 12.8. The Morgan fingerprint density at radius 3 is 2.65 bits per heavy atom. The van der Waals surface area contributed by atoms with Crippen LogP contribution in [0.25, 0.3) is 0 Å². The van der Waals surface area contributed by atoms with Crippen LogP contribution in [0, 0.1) is 6.92 Å². The lowest BCUT2D eigenvalue weighted by molar-refractivity contribution is 0.0322. The summed E-state index contributed by atoms with van der Waals surface area (Å²) in [5.74, 6) is 0.723. The molecule has 0 radical (unpaired) electrons. The summed E-state index contributed by atoms with van der Waals surface area (Å²) in [5.41, 5.74) is 7.98. The van der Waals surface area contributed by atoms with Crippen LogP contribution in [0.2, 0.25) is 0 Å². The van der Waals surface area contributed by atoms with Crippen LogP contribution in [0.15, 0.2) is 18.2 Å². The number of hydrogen-bond donors (Lipinski definition) is 2. The quantitative estimate of drug-likeness (QED) is 0.787. The third-order valence-electron chi connectivity index (χ3n) is 2.45. The van der Waals surface area contributed by atoms with Crippen LogP contribution in [0.1, 0.15) is 24.1 Å². The molecule has 0 bridgehead atoms. The average Bonchev–Trinajstić information content (AvgIpc) is 2.27. The molecule has 1 rings (SSSR count). The van der Waals surface area contributed by atoms with Gasteiger partial charge < -0.3 is 20.3 Å². The number of nitrogens with two attached hydrogens (primary N) is 1. The normalized spacial score (nSPS) is 14.4. The summed E-state index contributed by atoms with van der Waals surface area (Å²) in [6, 6.07) is 5.75. The molecule has 0 saturated carbocycles. The van der Waals surface area contributed by atoms with E-state index in [0.717, 1.165) is 16.9 Å². The van der Waals surface area contributed by atoms with E-state index in [1.54, 1.807) is 7.11 Å². The number of ether oxygens (including phenoxy) is 2. The minimum atomic E-state index is -0.623. The van der Waals surface area contributed by atoms with Crippen LogP contribution < -0.4 is 10.5 Å². The van der Waals surface area contributed by atoms with E-state index in [4.69, 9.17) is 15.2 Å². The SMILES string of the molecule is COCC(O)COc1ccc(C)cc1C(C)N. The Morgan fingerprint density at radius 2 is 2.06 bits per heavy atom. The molecule has 17 heavy (non-hydrogen) atoms. The van der Waals surface area contributed by atoms with E-state index in [1.165, 1.54) is 0 Å². The summed E-state index contributed by atoms with van der Waals surface area (Å²) in [6.45, 7) is 4.39. The Kier molecular flexibility index (Phi) is 5.41. The van der Waals surface area contributed by atoms with Gasteiger partial charge in [0.1, 0.15) is 18.5 Å². The Hall–Kier alpha value is -1.10. The van der Waals surface area contributed by atoms with E-state index in [1.807, 2.05) is 32.0 Å². The van der Waals surface area contributed by atoms with Crippen LogP contribution in [-0.2, 0) is 4.74 Å². The number of rotatable bonds is 6. The van der Waals surface area contributed by atoms with Crippen LogP contribution in [0.5, 0.6) is 5.75 Å². The molecule has 0 saturated heterocycles. The van der Waals surface area contributed by atoms with Crippen LogP contribution >= 0.6 is 0 Å². The van der Waals surface area contributed by atoms with E-state index in [9.17, 15) is 5.11 Å². The number of aliphatic hydroxyl groups is 1. The zero-order valence-corrected chi connectivity index (χ0v) is 10.6. The maximum Gasteiger partial charge on any atom is 0.124 e. The van der Waals surface area contributed by atoms with Crippen molar-refractivity contribution in [3.63, 3.8) is 0 Å². The van der Waals surface area contributed by atoms with E-state index >= 15 is 0 Å². The van der Waals surface area contributed by atoms with E-state index in [-0.39, 0.29) is 19.3 Å². The number of methoxy groups -OCH3 is 1. The maximum atomic E-state index is 9.51. The van der Waals surface area contributed by atoms with Gasteiger partial charge in [-0.3, -0.25) is 0 Å². The zero-order valence-electron chi connectivity index (χ0n) is 10.6. The molecule has 0 aliphatic heterocycles. The van der Waals surface area contributed by atoms with Crippen LogP contribution in [-0.4, -0.2) is 31.5 Å². The highest BCUT2D eigenvalue weighted by atomic mass is 16.5. The lowest BCUT2D eigenvalue weighted by Gasteiger charge is -2.16. The van der Waals surface area contributed by atoms with Crippen molar-refractivity contribution in [2.75, 3.05) is 20.3 Å². The minimum Gasteiger partial charge on any atom is -0.490 e. The Morgan fingerprint density at radius 1 is 1.35 bits per heavy atom. The topological polar surface area (TPSA) is 64.7 Å². The van der Waals surface area contributed by atoms with Gasteiger partial charge in [-0.2, -0.15) is 0 Å². The number of aryl methyl sites for hydroxylation is 1. The molecule has 0 fully saturated rings. The average molecular weight is 239 g/mol. The van der Waals surface area contributed by atoms with Crippen molar-refractivity contribution in [3.05, 3.63) is 29.3 Å². The highest BCUT2D eigenvalue weighted by molar-refractivity contribution is 5.38. The van der Waals surface area contributed by atoms with Gasteiger partial charge in [-0.1, -0.05) is 17.7 Å². The van der Waals surface area contributed by atoms with Crippen molar-refractivity contribution in [1.29, 1.82) is 0 Å². The van der Waals surface area contributed by atoms with E-state index in [0.29, 0.717) is 0 Å². The van der Waals surface area contributed by atoms with Crippen molar-refractivity contribution in [3.8, 4) is 5.75 Å². The molecule has 1 aromatic carbocycles. The highest BCUT2D eigenvalue weighted by Crippen LogP contribution is 2.25. The Balaban J connectivity index is 2.70. The monoisotopic (exact) mass is 239 g/mol. The fourth-order valence-corrected chi connectivity index (χ4v) is 1.58. The number of aliphatic hydroxyl groups excluding tert-OH is 1. The summed E-state index contributed by atoms with van der Waals surface area (Å²) < 4.78 is 10.4. The van der Waals surface area contributed by atoms with Crippen molar-refractivity contribution in [2.45, 2.75) is 26.0 Å². The van der Waals surface area contributed by atoms with Gasteiger partial charge in [-0.25, -0.2) is 0 Å². The molecular formula is C13H21NO3. The summed E-state index contributed by atoms with van der Waals surface area (Å²) in [5, 5.41) is 9.51. The van der Waals surface area contributed by atoms with Crippen LogP contribution in [0.3, 0.4) is 0 Å². The fraction of sp³-hybridized carbons (Fsp3) is 0.538. The van der Waals surface area contributed by atoms with E-state index in [2.05, 4.69) is 0 Å². The van der Waals surface area contributed by atoms with Gasteiger partial charge in [0, 0.05) is 18.7 Å². The van der Waals surface area contributed by atoms with Gasteiger partial charge in [0.25, 0.3) is 0 Å². The Bertz CT molecular complexity index is 353. The molecule has 0 amide bonds. The first-order chi connectivity index (χ1) is 8.04. The minimum absolute atomic E-state index is 0.0931. The molecule has 2 unspecified atom stereocenters. The van der Waals surface area contributed by atoms with Crippen molar-refractivity contribution in [1.82, 2.24) is 0 Å². The molecule has 0 aromatic heterocycles. The van der Waals surface area contributed by atoms with Gasteiger partial charge in [0.15, 0.2) is 0 Å². The first-order valence-corrected chi connectivity index (χ1v) is 5.70. The van der Waals surface area contributed by atoms with Crippen LogP contribution in [0.4, 0.5) is 0 Å². The fourth-order valence-electron chi connectivity index (χ4n) is 1.58. The van der Waals surface area contributed by atoms with Gasteiger partial charge >= 0.3 is 0 Å². The van der Waals surface area contributed by atoms with Crippen molar-refractivity contribution >= 4 is 0 Å². The predicted octanol–water partition coefficient (Wildman–Crippen LogP) is 1.40. The summed E-state index contributed by atoms with van der Waals surface area (Å²) in [4.78, 5) is 0. The lowest BCUT2D eigenvalue weighted by Crippen LogP contribution is -2.23. The second-order valence-electron chi connectivity index (χ2n) is 4.25. The molecule has 0 aliphatic carbocycles. The summed E-state index contributed by atoms with van der Waals surface area (Å²) in [6.07, 6.45) is -0.623. The third kappa shape index (κ3) is 4.34. The van der Waals surface area contributed by atoms with Gasteiger partial charge in [0.2, 0.25) is 0 Å². The molecular weight excluding hydrogens is 218 g/mol. The Labute approximate surface area is 102 Å². The second-order valence-corrected chi connectivity index (χ2v) is 4.25. The summed E-state index contributed by atoms with van der Waals surface area (Å²) in [7, 11) is 1.54. The number of benzene rings is 1. The molecule has 4 nitrogen and oxygen atoms in total. The molecule has 2 atom stereocenters. The molecule has 1 aromatic rings. The third-order valence-corrected chi connectivity index (χ3v) is 2.45. The molecule has 0 heterocycles. The van der Waals surface area contributed by atoms with Gasteiger partial charge in [0.05, 0.1) is 6.61 Å². The second kappa shape index (κ2) is 6.59. The van der Waals surface area contributed by atoms with Gasteiger partial charge in [-0.15, -0.1) is 0 Å². The largest absolute Gasteiger partial charge is 0.490 e. The van der Waals surface area contributed by atoms with Crippen molar-refractivity contribution in [2.24, 2.45) is 5.73 Å². The highest BCUT2D eigenvalue weighted by Gasteiger charge is 2.10. The first kappa shape index (κ1) is 14.0. The predicted molar refractivity (Wildman–Crippen MR) is 67.2 cm³/mol.